The number of carbonyl (C=O) groups excluding carboxylic acids is 1. The molecule has 1 rings (SSSR count). The molecule has 0 saturated heterocycles. The van der Waals surface area contributed by atoms with Gasteiger partial charge in [0.1, 0.15) is 0 Å². The summed E-state index contributed by atoms with van der Waals surface area (Å²) in [5.74, 6) is 0.296. The van der Waals surface area contributed by atoms with Crippen LogP contribution in [0.2, 0.25) is 0 Å². The predicted octanol–water partition coefficient (Wildman–Crippen LogP) is 3.21. The molecule has 0 heterocycles. The van der Waals surface area contributed by atoms with E-state index in [1.54, 1.807) is 12.1 Å². The van der Waals surface area contributed by atoms with Crippen LogP contribution in [-0.2, 0) is 9.53 Å². The highest BCUT2D eigenvalue weighted by atomic mass is 32.2. The second kappa shape index (κ2) is 10.0. The maximum Gasteiger partial charge on any atom is 0.330 e. The van der Waals surface area contributed by atoms with E-state index in [2.05, 4.69) is 23.5 Å². The van der Waals surface area contributed by atoms with Gasteiger partial charge in [0.2, 0.25) is 0 Å². The van der Waals surface area contributed by atoms with Crippen LogP contribution < -0.4 is 0 Å². The van der Waals surface area contributed by atoms with Gasteiger partial charge in [-0.2, -0.15) is 0 Å². The van der Waals surface area contributed by atoms with Crippen LogP contribution in [0.15, 0.2) is 29.2 Å². The van der Waals surface area contributed by atoms with E-state index in [0.29, 0.717) is 10.5 Å². The van der Waals surface area contributed by atoms with Crippen LogP contribution in [0.3, 0.4) is 0 Å². The van der Waals surface area contributed by atoms with Crippen LogP contribution >= 0.6 is 11.8 Å². The third kappa shape index (κ3) is 6.42. The molecule has 0 N–H and O–H groups in total. The number of esters is 1. The van der Waals surface area contributed by atoms with E-state index in [-0.39, 0.29) is 5.69 Å². The lowest BCUT2D eigenvalue weighted by atomic mass is 10.2. The molecular weight excluding hydrogens is 316 g/mol. The summed E-state index contributed by atoms with van der Waals surface area (Å²) in [7, 11) is 1.28. The number of benzene rings is 1. The first kappa shape index (κ1) is 19.2. The number of nitro benzene ring substituents is 1. The first-order chi connectivity index (χ1) is 11.0. The molecule has 0 spiro atoms. The minimum atomic E-state index is -0.495. The molecule has 7 heteroatoms. The third-order valence-corrected chi connectivity index (χ3v) is 4.40. The standard InChI is InChI=1S/C16H22N2O4S/c1-4-17(5-2)10-11-23-15-8-6-13(7-9-16(19)22-3)12-14(15)18(20)21/h6-9,12H,4-5,10-11H2,1-3H3/b9-7+. The highest BCUT2D eigenvalue weighted by molar-refractivity contribution is 7.99. The molecule has 0 bridgehead atoms. The zero-order valence-corrected chi connectivity index (χ0v) is 14.5. The summed E-state index contributed by atoms with van der Waals surface area (Å²) in [6, 6.07) is 4.95. The number of ether oxygens (including phenoxy) is 1. The van der Waals surface area contributed by atoms with Gasteiger partial charge in [-0.05, 0) is 30.8 Å². The highest BCUT2D eigenvalue weighted by Gasteiger charge is 2.14. The minimum Gasteiger partial charge on any atom is -0.466 e. The summed E-state index contributed by atoms with van der Waals surface area (Å²) in [5, 5.41) is 11.2. The maximum absolute atomic E-state index is 11.2. The van der Waals surface area contributed by atoms with Crippen LogP contribution in [0.4, 0.5) is 5.69 Å². The van der Waals surface area contributed by atoms with Crippen LogP contribution in [0, 0.1) is 10.1 Å². The van der Waals surface area contributed by atoms with E-state index in [1.807, 2.05) is 0 Å². The number of nitro groups is 1. The van der Waals surface area contributed by atoms with Gasteiger partial charge in [0, 0.05) is 24.4 Å². The van der Waals surface area contributed by atoms with Gasteiger partial charge < -0.3 is 9.64 Å². The Morgan fingerprint density at radius 1 is 1.39 bits per heavy atom. The summed E-state index contributed by atoms with van der Waals surface area (Å²) in [6.45, 7) is 7.02. The SMILES string of the molecule is CCN(CC)CCSc1ccc(/C=C/C(=O)OC)cc1[N+](=O)[O-]. The zero-order chi connectivity index (χ0) is 17.2. The number of carbonyl (C=O) groups is 1. The largest absolute Gasteiger partial charge is 0.466 e. The van der Waals surface area contributed by atoms with Gasteiger partial charge in [0.05, 0.1) is 16.9 Å². The van der Waals surface area contributed by atoms with Crippen molar-refractivity contribution in [3.63, 3.8) is 0 Å². The number of hydrogen-bond donors (Lipinski definition) is 0. The van der Waals surface area contributed by atoms with Gasteiger partial charge >= 0.3 is 5.97 Å². The average molecular weight is 338 g/mol. The molecule has 0 saturated carbocycles. The number of nitrogens with zero attached hydrogens (tertiary/aromatic N) is 2. The Bertz CT molecular complexity index is 571. The first-order valence-corrected chi connectivity index (χ1v) is 8.40. The minimum absolute atomic E-state index is 0.0570. The van der Waals surface area contributed by atoms with Crippen molar-refractivity contribution in [2.24, 2.45) is 0 Å². The van der Waals surface area contributed by atoms with Crippen LogP contribution in [0.5, 0.6) is 0 Å². The maximum atomic E-state index is 11.2. The molecule has 1 aromatic carbocycles. The Kier molecular flexibility index (Phi) is 8.36. The fourth-order valence-electron chi connectivity index (χ4n) is 1.96. The van der Waals surface area contributed by atoms with Gasteiger partial charge in [-0.1, -0.05) is 19.9 Å². The van der Waals surface area contributed by atoms with E-state index < -0.39 is 10.9 Å². The van der Waals surface area contributed by atoms with Crippen LogP contribution in [0.25, 0.3) is 6.08 Å². The molecular formula is C16H22N2O4S. The second-order valence-corrected chi connectivity index (χ2v) is 5.85. The summed E-state index contributed by atoms with van der Waals surface area (Å²) in [5.41, 5.74) is 0.650. The zero-order valence-electron chi connectivity index (χ0n) is 13.7. The molecule has 0 aliphatic heterocycles. The van der Waals surface area contributed by atoms with Crippen molar-refractivity contribution in [1.82, 2.24) is 4.90 Å². The lowest BCUT2D eigenvalue weighted by Gasteiger charge is -2.17. The van der Waals surface area contributed by atoms with Gasteiger partial charge in [-0.25, -0.2) is 4.79 Å². The molecule has 23 heavy (non-hydrogen) atoms. The Morgan fingerprint density at radius 2 is 2.09 bits per heavy atom. The molecule has 0 amide bonds. The van der Waals surface area contributed by atoms with Crippen molar-refractivity contribution in [1.29, 1.82) is 0 Å². The van der Waals surface area contributed by atoms with Crippen LogP contribution in [-0.4, -0.2) is 48.3 Å². The summed E-state index contributed by atoms with van der Waals surface area (Å²) in [4.78, 5) is 24.8. The number of rotatable bonds is 9. The van der Waals surface area contributed by atoms with Crippen molar-refractivity contribution in [3.8, 4) is 0 Å². The molecule has 1 aromatic rings. The first-order valence-electron chi connectivity index (χ1n) is 7.41. The fourth-order valence-corrected chi connectivity index (χ4v) is 2.97. The second-order valence-electron chi connectivity index (χ2n) is 4.72. The Balaban J connectivity index is 2.82. The lowest BCUT2D eigenvalue weighted by molar-refractivity contribution is -0.387. The van der Waals surface area contributed by atoms with Gasteiger partial charge in [0.25, 0.3) is 5.69 Å². The highest BCUT2D eigenvalue weighted by Crippen LogP contribution is 2.30. The topological polar surface area (TPSA) is 72.7 Å². The van der Waals surface area contributed by atoms with Gasteiger partial charge in [-0.3, -0.25) is 10.1 Å². The quantitative estimate of drug-likeness (QED) is 0.226. The van der Waals surface area contributed by atoms with Crippen molar-refractivity contribution < 1.29 is 14.5 Å². The normalized spacial score (nSPS) is 11.1. The Hall–Kier alpha value is -1.86. The Morgan fingerprint density at radius 3 is 2.65 bits per heavy atom. The molecule has 0 aromatic heterocycles. The van der Waals surface area contributed by atoms with E-state index in [0.717, 1.165) is 25.4 Å². The lowest BCUT2D eigenvalue weighted by Crippen LogP contribution is -2.25. The number of hydrogen-bond acceptors (Lipinski definition) is 6. The molecule has 0 unspecified atom stereocenters. The van der Waals surface area contributed by atoms with Crippen molar-refractivity contribution in [3.05, 3.63) is 40.0 Å². The summed E-state index contributed by atoms with van der Waals surface area (Å²) in [6.07, 6.45) is 2.75. The van der Waals surface area contributed by atoms with Crippen molar-refractivity contribution in [2.45, 2.75) is 18.7 Å². The van der Waals surface area contributed by atoms with E-state index >= 15 is 0 Å². The molecule has 0 radical (unpaired) electrons. The molecule has 126 valence electrons. The smallest absolute Gasteiger partial charge is 0.330 e. The summed E-state index contributed by atoms with van der Waals surface area (Å²) < 4.78 is 4.50. The van der Waals surface area contributed by atoms with E-state index in [4.69, 9.17) is 0 Å². The van der Waals surface area contributed by atoms with Gasteiger partial charge in [-0.15, -0.1) is 11.8 Å². The van der Waals surface area contributed by atoms with Crippen LogP contribution in [0.1, 0.15) is 19.4 Å². The molecule has 0 aliphatic carbocycles. The number of thioether (sulfide) groups is 1. The molecule has 0 aliphatic rings. The third-order valence-electron chi connectivity index (χ3n) is 3.35. The van der Waals surface area contributed by atoms with Crippen molar-refractivity contribution >= 4 is 29.5 Å². The van der Waals surface area contributed by atoms with Crippen molar-refractivity contribution in [2.75, 3.05) is 32.5 Å². The van der Waals surface area contributed by atoms with E-state index in [9.17, 15) is 14.9 Å². The Labute approximate surface area is 140 Å². The molecule has 0 atom stereocenters. The fraction of sp³-hybridized carbons (Fsp3) is 0.438. The molecule has 0 fully saturated rings. The van der Waals surface area contributed by atoms with Gasteiger partial charge in [0.15, 0.2) is 0 Å². The summed E-state index contributed by atoms with van der Waals surface area (Å²) >= 11 is 1.47. The average Bonchev–Trinajstić information content (AvgIpc) is 2.56. The molecule has 6 nitrogen and oxygen atoms in total. The van der Waals surface area contributed by atoms with E-state index in [1.165, 1.54) is 37.1 Å². The monoisotopic (exact) mass is 338 g/mol. The number of methoxy groups -OCH3 is 1. The predicted molar refractivity (Wildman–Crippen MR) is 92.7 cm³/mol.